The predicted molar refractivity (Wildman–Crippen MR) is 100 cm³/mol. The van der Waals surface area contributed by atoms with Crippen LogP contribution in [0.15, 0.2) is 41.8 Å². The molecule has 0 saturated carbocycles. The van der Waals surface area contributed by atoms with Crippen LogP contribution in [-0.4, -0.2) is 27.3 Å². The van der Waals surface area contributed by atoms with E-state index in [1.54, 1.807) is 18.4 Å². The molecule has 1 aromatic carbocycles. The van der Waals surface area contributed by atoms with E-state index < -0.39 is 0 Å². The number of para-hydroxylation sites is 1. The molecule has 0 bridgehead atoms. The summed E-state index contributed by atoms with van der Waals surface area (Å²) in [6, 6.07) is 11.9. The Hall–Kier alpha value is -2.93. The van der Waals surface area contributed by atoms with Gasteiger partial charge in [-0.2, -0.15) is 5.10 Å². The summed E-state index contributed by atoms with van der Waals surface area (Å²) in [6.45, 7) is 2.52. The lowest BCUT2D eigenvalue weighted by atomic mass is 10.1. The van der Waals surface area contributed by atoms with E-state index in [1.807, 2.05) is 48.7 Å². The second-order valence-electron chi connectivity index (χ2n) is 5.60. The first-order valence-electron chi connectivity index (χ1n) is 7.88. The Bertz CT molecular complexity index is 1010. The van der Waals surface area contributed by atoms with Gasteiger partial charge in [-0.25, -0.2) is 9.97 Å². The number of nitrogens with one attached hydrogen (secondary N) is 2. The zero-order chi connectivity index (χ0) is 17.2. The minimum absolute atomic E-state index is 0.550. The average molecular weight is 351 g/mol. The number of ether oxygens (including phenoxy) is 1. The number of nitrogens with zero attached hydrogens (tertiary/aromatic N) is 3. The van der Waals surface area contributed by atoms with Gasteiger partial charge in [0.1, 0.15) is 17.1 Å². The number of hydrogen-bond acceptors (Lipinski definition) is 6. The van der Waals surface area contributed by atoms with Crippen molar-refractivity contribution in [1.82, 2.24) is 20.2 Å². The number of aryl methyl sites for hydroxylation is 1. The smallest absolute Gasteiger partial charge is 0.191 e. The zero-order valence-electron chi connectivity index (χ0n) is 13.9. The number of H-pyrrole nitrogens is 1. The summed E-state index contributed by atoms with van der Waals surface area (Å²) >= 11 is 1.62. The fourth-order valence-electron chi connectivity index (χ4n) is 2.73. The minimum atomic E-state index is 0.550. The van der Waals surface area contributed by atoms with Gasteiger partial charge in [0.15, 0.2) is 5.82 Å². The highest BCUT2D eigenvalue weighted by molar-refractivity contribution is 7.13. The highest BCUT2D eigenvalue weighted by Gasteiger charge is 2.10. The summed E-state index contributed by atoms with van der Waals surface area (Å²) in [7, 11) is 1.66. The number of aromatic nitrogens is 4. The number of benzene rings is 1. The number of thiophene rings is 1. The van der Waals surface area contributed by atoms with Crippen LogP contribution in [-0.2, 0) is 6.54 Å². The van der Waals surface area contributed by atoms with E-state index in [0.29, 0.717) is 6.54 Å². The molecule has 0 saturated heterocycles. The molecule has 0 aliphatic heterocycles. The first-order valence-corrected chi connectivity index (χ1v) is 8.76. The molecule has 0 atom stereocenters. The average Bonchev–Trinajstić information content (AvgIpc) is 3.30. The Kier molecular flexibility index (Phi) is 4.07. The van der Waals surface area contributed by atoms with Gasteiger partial charge in [0.05, 0.1) is 18.5 Å². The van der Waals surface area contributed by atoms with E-state index in [4.69, 9.17) is 4.74 Å². The first kappa shape index (κ1) is 15.6. The molecule has 25 heavy (non-hydrogen) atoms. The van der Waals surface area contributed by atoms with Crippen LogP contribution >= 0.6 is 11.3 Å². The third kappa shape index (κ3) is 3.06. The van der Waals surface area contributed by atoms with Crippen LogP contribution in [0, 0.1) is 6.92 Å². The second-order valence-corrected chi connectivity index (χ2v) is 6.55. The summed E-state index contributed by atoms with van der Waals surface area (Å²) in [6.07, 6.45) is 0. The minimum Gasteiger partial charge on any atom is -0.494 e. The van der Waals surface area contributed by atoms with Gasteiger partial charge in [0.2, 0.25) is 0 Å². The number of methoxy groups -OCH3 is 1. The van der Waals surface area contributed by atoms with Gasteiger partial charge in [-0.05, 0) is 30.5 Å². The largest absolute Gasteiger partial charge is 0.494 e. The standard InChI is InChI=1S/C18H17N5OS/c1-11-9-13(12-5-3-6-14(24-2)17(12)20-11)19-10-16-21-18(23-22-16)15-7-4-8-25-15/h3-9H,10H2,1-2H3,(H,19,20)(H,21,22,23). The third-order valence-corrected chi connectivity index (χ3v) is 4.74. The molecule has 4 aromatic rings. The second kappa shape index (κ2) is 6.52. The molecule has 7 heteroatoms. The summed E-state index contributed by atoms with van der Waals surface area (Å²) in [5, 5.41) is 13.7. The van der Waals surface area contributed by atoms with Crippen LogP contribution in [0.3, 0.4) is 0 Å². The highest BCUT2D eigenvalue weighted by Crippen LogP contribution is 2.30. The van der Waals surface area contributed by atoms with E-state index in [2.05, 4.69) is 25.5 Å². The van der Waals surface area contributed by atoms with Crippen molar-refractivity contribution in [2.75, 3.05) is 12.4 Å². The van der Waals surface area contributed by atoms with E-state index in [1.165, 1.54) is 0 Å². The topological polar surface area (TPSA) is 75.7 Å². The number of rotatable bonds is 5. The maximum atomic E-state index is 5.43. The molecule has 0 aliphatic rings. The molecule has 0 unspecified atom stereocenters. The number of pyridine rings is 1. The Morgan fingerprint density at radius 3 is 2.92 bits per heavy atom. The number of aromatic amines is 1. The van der Waals surface area contributed by atoms with Crippen molar-refractivity contribution in [3.8, 4) is 16.5 Å². The van der Waals surface area contributed by atoms with Gasteiger partial charge in [0.25, 0.3) is 0 Å². The van der Waals surface area contributed by atoms with Crippen LogP contribution in [0.25, 0.3) is 21.6 Å². The molecule has 0 fully saturated rings. The molecule has 3 heterocycles. The molecule has 2 N–H and O–H groups in total. The lowest BCUT2D eigenvalue weighted by Crippen LogP contribution is -2.03. The van der Waals surface area contributed by atoms with Crippen molar-refractivity contribution < 1.29 is 4.74 Å². The molecule has 3 aromatic heterocycles. The molecular formula is C18H17N5OS. The van der Waals surface area contributed by atoms with Crippen LogP contribution in [0.2, 0.25) is 0 Å². The lowest BCUT2D eigenvalue weighted by Gasteiger charge is -2.11. The molecule has 126 valence electrons. The zero-order valence-corrected chi connectivity index (χ0v) is 14.7. The summed E-state index contributed by atoms with van der Waals surface area (Å²) < 4.78 is 5.43. The van der Waals surface area contributed by atoms with E-state index in [-0.39, 0.29) is 0 Å². The van der Waals surface area contributed by atoms with Crippen LogP contribution in [0.5, 0.6) is 5.75 Å². The van der Waals surface area contributed by atoms with Crippen molar-refractivity contribution >= 4 is 27.9 Å². The van der Waals surface area contributed by atoms with Gasteiger partial charge in [-0.3, -0.25) is 5.10 Å². The molecule has 6 nitrogen and oxygen atoms in total. The van der Waals surface area contributed by atoms with Crippen LogP contribution < -0.4 is 10.1 Å². The highest BCUT2D eigenvalue weighted by atomic mass is 32.1. The fraction of sp³-hybridized carbons (Fsp3) is 0.167. The van der Waals surface area contributed by atoms with Crippen molar-refractivity contribution in [3.63, 3.8) is 0 Å². The van der Waals surface area contributed by atoms with Crippen LogP contribution in [0.1, 0.15) is 11.5 Å². The van der Waals surface area contributed by atoms with Crippen molar-refractivity contribution in [2.45, 2.75) is 13.5 Å². The SMILES string of the molecule is COc1cccc2c(NCc3nc(-c4cccs4)n[nH]3)cc(C)nc12. The van der Waals surface area contributed by atoms with Crippen LogP contribution in [0.4, 0.5) is 5.69 Å². The summed E-state index contributed by atoms with van der Waals surface area (Å²) in [4.78, 5) is 10.2. The van der Waals surface area contributed by atoms with E-state index in [9.17, 15) is 0 Å². The Labute approximate surface area is 148 Å². The summed E-state index contributed by atoms with van der Waals surface area (Å²) in [5.41, 5.74) is 2.77. The molecule has 0 spiro atoms. The summed E-state index contributed by atoms with van der Waals surface area (Å²) in [5.74, 6) is 2.28. The van der Waals surface area contributed by atoms with E-state index >= 15 is 0 Å². The Morgan fingerprint density at radius 2 is 2.12 bits per heavy atom. The molecule has 0 aliphatic carbocycles. The Balaban J connectivity index is 1.61. The Morgan fingerprint density at radius 1 is 1.20 bits per heavy atom. The maximum absolute atomic E-state index is 5.43. The number of anilines is 1. The molecule has 0 amide bonds. The quantitative estimate of drug-likeness (QED) is 0.568. The normalized spacial score (nSPS) is 11.0. The van der Waals surface area contributed by atoms with Gasteiger partial charge in [-0.1, -0.05) is 18.2 Å². The number of fused-ring (bicyclic) bond motifs is 1. The van der Waals surface area contributed by atoms with Gasteiger partial charge in [-0.15, -0.1) is 11.3 Å². The third-order valence-electron chi connectivity index (χ3n) is 3.87. The van der Waals surface area contributed by atoms with Crippen molar-refractivity contribution in [1.29, 1.82) is 0 Å². The molecule has 4 rings (SSSR count). The lowest BCUT2D eigenvalue weighted by molar-refractivity contribution is 0.419. The predicted octanol–water partition coefficient (Wildman–Crippen LogP) is 4.01. The van der Waals surface area contributed by atoms with Gasteiger partial charge in [0, 0.05) is 16.8 Å². The fourth-order valence-corrected chi connectivity index (χ4v) is 3.39. The first-order chi connectivity index (χ1) is 12.2. The monoisotopic (exact) mass is 351 g/mol. The van der Waals surface area contributed by atoms with Gasteiger partial charge >= 0.3 is 0 Å². The maximum Gasteiger partial charge on any atom is 0.191 e. The van der Waals surface area contributed by atoms with Crippen molar-refractivity contribution in [3.05, 3.63) is 53.3 Å². The van der Waals surface area contributed by atoms with E-state index in [0.717, 1.165) is 44.6 Å². The van der Waals surface area contributed by atoms with Crippen molar-refractivity contribution in [2.24, 2.45) is 0 Å². The van der Waals surface area contributed by atoms with Gasteiger partial charge < -0.3 is 10.1 Å². The molecule has 0 radical (unpaired) electrons. The number of hydrogen-bond donors (Lipinski definition) is 2. The molecular weight excluding hydrogens is 334 g/mol.